The van der Waals surface area contributed by atoms with Crippen LogP contribution in [-0.2, 0) is 0 Å². The first-order chi connectivity index (χ1) is 11.2. The predicted molar refractivity (Wildman–Crippen MR) is 90.5 cm³/mol. The SMILES string of the molecule is N#CC1=CN(c2cccc(Cl)c2)C=C(C#N)C1c1ccccc1. The number of hydrogen-bond donors (Lipinski definition) is 0. The van der Waals surface area contributed by atoms with Gasteiger partial charge in [-0.1, -0.05) is 48.0 Å². The molecule has 0 amide bonds. The van der Waals surface area contributed by atoms with Crippen LogP contribution < -0.4 is 4.90 Å². The Morgan fingerprint density at radius 2 is 1.52 bits per heavy atom. The molecule has 0 N–H and O–H groups in total. The first-order valence-corrected chi connectivity index (χ1v) is 7.43. The van der Waals surface area contributed by atoms with Crippen LogP contribution in [0.25, 0.3) is 0 Å². The Balaban J connectivity index is 2.08. The fourth-order valence-electron chi connectivity index (χ4n) is 2.63. The first-order valence-electron chi connectivity index (χ1n) is 7.05. The van der Waals surface area contributed by atoms with Crippen LogP contribution in [-0.4, -0.2) is 0 Å². The first kappa shape index (κ1) is 14.9. The second-order valence-corrected chi connectivity index (χ2v) is 5.56. The minimum atomic E-state index is -0.332. The molecular formula is C19H12ClN3. The van der Waals surface area contributed by atoms with Crippen molar-refractivity contribution in [2.24, 2.45) is 0 Å². The molecule has 1 aliphatic heterocycles. The molecule has 0 saturated heterocycles. The number of anilines is 1. The second-order valence-electron chi connectivity index (χ2n) is 5.12. The highest BCUT2D eigenvalue weighted by atomic mass is 35.5. The van der Waals surface area contributed by atoms with E-state index in [0.717, 1.165) is 11.3 Å². The van der Waals surface area contributed by atoms with E-state index in [2.05, 4.69) is 12.1 Å². The summed E-state index contributed by atoms with van der Waals surface area (Å²) in [6.07, 6.45) is 3.51. The van der Waals surface area contributed by atoms with Crippen LogP contribution in [0.3, 0.4) is 0 Å². The van der Waals surface area contributed by atoms with Gasteiger partial charge in [0.1, 0.15) is 0 Å². The number of benzene rings is 2. The van der Waals surface area contributed by atoms with Crippen molar-refractivity contribution in [2.45, 2.75) is 5.92 Å². The lowest BCUT2D eigenvalue weighted by atomic mass is 9.84. The average molecular weight is 318 g/mol. The third-order valence-electron chi connectivity index (χ3n) is 3.68. The summed E-state index contributed by atoms with van der Waals surface area (Å²) in [5.41, 5.74) is 2.79. The third kappa shape index (κ3) is 2.97. The van der Waals surface area contributed by atoms with Gasteiger partial charge in [-0.25, -0.2) is 0 Å². The number of allylic oxidation sites excluding steroid dienone is 2. The Hall–Kier alpha value is -3.01. The molecule has 0 fully saturated rings. The van der Waals surface area contributed by atoms with E-state index < -0.39 is 0 Å². The highest BCUT2D eigenvalue weighted by Gasteiger charge is 2.26. The van der Waals surface area contributed by atoms with Crippen molar-refractivity contribution in [3.05, 3.63) is 88.7 Å². The van der Waals surface area contributed by atoms with Crippen LogP contribution in [0.2, 0.25) is 5.02 Å². The third-order valence-corrected chi connectivity index (χ3v) is 3.91. The van der Waals surface area contributed by atoms with Crippen LogP contribution in [0.1, 0.15) is 11.5 Å². The smallest absolute Gasteiger partial charge is 0.0973 e. The van der Waals surface area contributed by atoms with Gasteiger partial charge in [-0.15, -0.1) is 0 Å². The molecule has 3 rings (SSSR count). The van der Waals surface area contributed by atoms with Gasteiger partial charge in [0.25, 0.3) is 0 Å². The number of rotatable bonds is 2. The van der Waals surface area contributed by atoms with Gasteiger partial charge in [-0.05, 0) is 23.8 Å². The molecule has 0 unspecified atom stereocenters. The zero-order valence-electron chi connectivity index (χ0n) is 12.1. The molecule has 1 aliphatic rings. The van der Waals surface area contributed by atoms with Crippen LogP contribution in [0.15, 0.2) is 78.1 Å². The highest BCUT2D eigenvalue weighted by molar-refractivity contribution is 6.30. The minimum absolute atomic E-state index is 0.332. The number of halogens is 1. The van der Waals surface area contributed by atoms with E-state index in [0.29, 0.717) is 16.2 Å². The molecule has 110 valence electrons. The molecule has 0 bridgehead atoms. The number of nitriles is 2. The molecule has 0 aromatic heterocycles. The maximum Gasteiger partial charge on any atom is 0.0973 e. The Labute approximate surface area is 140 Å². The Morgan fingerprint density at radius 3 is 2.09 bits per heavy atom. The van der Waals surface area contributed by atoms with Gasteiger partial charge >= 0.3 is 0 Å². The van der Waals surface area contributed by atoms with E-state index in [9.17, 15) is 10.5 Å². The van der Waals surface area contributed by atoms with Crippen molar-refractivity contribution < 1.29 is 0 Å². The van der Waals surface area contributed by atoms with E-state index in [-0.39, 0.29) is 5.92 Å². The molecule has 4 heteroatoms. The van der Waals surface area contributed by atoms with Gasteiger partial charge in [0.05, 0.1) is 29.2 Å². The molecule has 2 aromatic rings. The normalized spacial score (nSPS) is 14.5. The maximum absolute atomic E-state index is 9.55. The lowest BCUT2D eigenvalue weighted by Gasteiger charge is -2.27. The van der Waals surface area contributed by atoms with E-state index in [1.54, 1.807) is 29.4 Å². The summed E-state index contributed by atoms with van der Waals surface area (Å²) in [6, 6.07) is 21.3. The summed E-state index contributed by atoms with van der Waals surface area (Å²) in [6.45, 7) is 0. The van der Waals surface area contributed by atoms with Crippen molar-refractivity contribution in [1.29, 1.82) is 10.5 Å². The molecule has 0 saturated carbocycles. The summed E-state index contributed by atoms with van der Waals surface area (Å²) in [5.74, 6) is -0.332. The quantitative estimate of drug-likeness (QED) is 0.802. The molecule has 0 radical (unpaired) electrons. The minimum Gasteiger partial charge on any atom is -0.322 e. The molecule has 1 heterocycles. The molecule has 3 nitrogen and oxygen atoms in total. The second kappa shape index (κ2) is 6.40. The largest absolute Gasteiger partial charge is 0.322 e. The van der Waals surface area contributed by atoms with Gasteiger partial charge in [0.15, 0.2) is 0 Å². The van der Waals surface area contributed by atoms with Crippen molar-refractivity contribution >= 4 is 17.3 Å². The topological polar surface area (TPSA) is 50.8 Å². The molecular weight excluding hydrogens is 306 g/mol. The van der Waals surface area contributed by atoms with Crippen molar-refractivity contribution in [3.8, 4) is 12.1 Å². The van der Waals surface area contributed by atoms with Gasteiger partial charge in [0.2, 0.25) is 0 Å². The van der Waals surface area contributed by atoms with Crippen molar-refractivity contribution in [3.63, 3.8) is 0 Å². The van der Waals surface area contributed by atoms with E-state index in [1.165, 1.54) is 0 Å². The summed E-state index contributed by atoms with van der Waals surface area (Å²) in [7, 11) is 0. The average Bonchev–Trinajstić information content (AvgIpc) is 2.61. The standard InChI is InChI=1S/C19H12ClN3/c20-17-7-4-8-18(9-17)23-12-15(10-21)19(16(11-22)13-23)14-5-2-1-3-6-14/h1-9,12-13,19H. The molecule has 0 atom stereocenters. The summed E-state index contributed by atoms with van der Waals surface area (Å²) < 4.78 is 0. The van der Waals surface area contributed by atoms with Gasteiger partial charge < -0.3 is 4.90 Å². The summed E-state index contributed by atoms with van der Waals surface area (Å²) in [5, 5.41) is 19.7. The van der Waals surface area contributed by atoms with E-state index >= 15 is 0 Å². The Kier molecular flexibility index (Phi) is 4.15. The molecule has 0 spiro atoms. The van der Waals surface area contributed by atoms with Crippen LogP contribution >= 0.6 is 11.6 Å². The zero-order valence-corrected chi connectivity index (χ0v) is 12.9. The lowest BCUT2D eigenvalue weighted by molar-refractivity contribution is 0.937. The van der Waals surface area contributed by atoms with Gasteiger partial charge in [-0.3, -0.25) is 0 Å². The van der Waals surface area contributed by atoms with Gasteiger partial charge in [-0.2, -0.15) is 10.5 Å². The van der Waals surface area contributed by atoms with Crippen LogP contribution in [0.4, 0.5) is 5.69 Å². The van der Waals surface area contributed by atoms with Crippen LogP contribution in [0, 0.1) is 22.7 Å². The molecule has 0 aliphatic carbocycles. The summed E-state index contributed by atoms with van der Waals surface area (Å²) >= 11 is 6.03. The van der Waals surface area contributed by atoms with Crippen LogP contribution in [0.5, 0.6) is 0 Å². The maximum atomic E-state index is 9.55. The monoisotopic (exact) mass is 317 g/mol. The molecule has 23 heavy (non-hydrogen) atoms. The molecule has 2 aromatic carbocycles. The fraction of sp³-hybridized carbons (Fsp3) is 0.0526. The summed E-state index contributed by atoms with van der Waals surface area (Å²) in [4.78, 5) is 1.77. The fourth-order valence-corrected chi connectivity index (χ4v) is 2.82. The highest BCUT2D eigenvalue weighted by Crippen LogP contribution is 2.36. The van der Waals surface area contributed by atoms with Crippen molar-refractivity contribution in [2.75, 3.05) is 4.90 Å². The van der Waals surface area contributed by atoms with Crippen molar-refractivity contribution in [1.82, 2.24) is 0 Å². The van der Waals surface area contributed by atoms with E-state index in [4.69, 9.17) is 11.6 Å². The Bertz CT molecular complexity index is 837. The Morgan fingerprint density at radius 1 is 0.870 bits per heavy atom. The number of hydrogen-bond acceptors (Lipinski definition) is 3. The van der Waals surface area contributed by atoms with E-state index in [1.807, 2.05) is 42.5 Å². The van der Waals surface area contributed by atoms with Gasteiger partial charge in [0, 0.05) is 23.1 Å². The lowest BCUT2D eigenvalue weighted by Crippen LogP contribution is -2.19. The number of nitrogens with zero attached hydrogens (tertiary/aromatic N) is 3. The predicted octanol–water partition coefficient (Wildman–Crippen LogP) is 4.76. The zero-order chi connectivity index (χ0) is 16.2.